The number of rotatable bonds is 2. The van der Waals surface area contributed by atoms with Crippen LogP contribution in [0.15, 0.2) is 0 Å². The van der Waals surface area contributed by atoms with Gasteiger partial charge in [-0.05, 0) is 91.8 Å². The minimum absolute atomic E-state index is 0.303. The van der Waals surface area contributed by atoms with Crippen LogP contribution < -0.4 is 0 Å². The quantitative estimate of drug-likeness (QED) is 0.506. The first-order valence-corrected chi connectivity index (χ1v) is 11.6. The molecule has 24 heavy (non-hydrogen) atoms. The van der Waals surface area contributed by atoms with E-state index in [1.807, 2.05) is 0 Å². The average Bonchev–Trinajstić information content (AvgIpc) is 2.92. The molecule has 0 amide bonds. The molecule has 0 radical (unpaired) electrons. The number of ketones is 1. The first-order valence-electron chi connectivity index (χ1n) is 10.5. The maximum absolute atomic E-state index is 12.5. The lowest BCUT2D eigenvalue weighted by atomic mass is 9.44. The van der Waals surface area contributed by atoms with Gasteiger partial charge < -0.3 is 0 Å². The molecule has 0 aromatic carbocycles. The zero-order chi connectivity index (χ0) is 17.1. The summed E-state index contributed by atoms with van der Waals surface area (Å²) in [6, 6.07) is 0. The molecule has 4 aliphatic carbocycles. The van der Waals surface area contributed by atoms with Crippen molar-refractivity contribution in [2.75, 3.05) is 5.33 Å². The van der Waals surface area contributed by atoms with Crippen molar-refractivity contribution in [1.29, 1.82) is 0 Å². The van der Waals surface area contributed by atoms with Gasteiger partial charge in [0.15, 0.2) is 0 Å². The summed E-state index contributed by atoms with van der Waals surface area (Å²) in [4.78, 5) is 12.5. The molecule has 136 valence electrons. The number of alkyl halides is 1. The fourth-order valence-electron chi connectivity index (χ4n) is 8.09. The topological polar surface area (TPSA) is 17.1 Å². The number of hydrogen-bond donors (Lipinski definition) is 0. The summed E-state index contributed by atoms with van der Waals surface area (Å²) in [5, 5.41) is 0.561. The molecule has 0 spiro atoms. The van der Waals surface area contributed by atoms with Crippen LogP contribution in [-0.2, 0) is 4.79 Å². The predicted octanol–water partition coefficient (Wildman–Crippen LogP) is 6.25. The second-order valence-electron chi connectivity index (χ2n) is 10.3. The van der Waals surface area contributed by atoms with Crippen molar-refractivity contribution in [3.8, 4) is 0 Å². The van der Waals surface area contributed by atoms with Crippen LogP contribution in [0.1, 0.15) is 78.6 Å². The lowest BCUT2D eigenvalue weighted by Crippen LogP contribution is -2.53. The Balaban J connectivity index is 1.60. The van der Waals surface area contributed by atoms with Crippen LogP contribution in [-0.4, -0.2) is 11.1 Å². The Morgan fingerprint density at radius 2 is 1.67 bits per heavy atom. The SMILES string of the molecule is C[C@H]1CC[C@@]2(C)C(CCC3[C@@H]4CC[C@H](C(=O)CBr)[C@@]4(C)CC[C@@H]32)C1. The van der Waals surface area contributed by atoms with Crippen LogP contribution in [0.3, 0.4) is 0 Å². The molecule has 0 N–H and O–H groups in total. The van der Waals surface area contributed by atoms with Gasteiger partial charge in [-0.25, -0.2) is 0 Å². The Morgan fingerprint density at radius 1 is 0.958 bits per heavy atom. The second-order valence-corrected chi connectivity index (χ2v) is 10.9. The van der Waals surface area contributed by atoms with Crippen LogP contribution in [0.2, 0.25) is 0 Å². The van der Waals surface area contributed by atoms with E-state index in [4.69, 9.17) is 0 Å². The van der Waals surface area contributed by atoms with E-state index in [-0.39, 0.29) is 0 Å². The molecule has 4 rings (SSSR count). The van der Waals surface area contributed by atoms with E-state index < -0.39 is 0 Å². The lowest BCUT2D eigenvalue weighted by molar-refractivity contribution is -0.134. The molecule has 0 bridgehead atoms. The van der Waals surface area contributed by atoms with Gasteiger partial charge in [-0.1, -0.05) is 43.1 Å². The molecule has 4 aliphatic rings. The summed E-state index contributed by atoms with van der Waals surface area (Å²) in [6.07, 6.45) is 12.5. The molecule has 0 saturated heterocycles. The van der Waals surface area contributed by atoms with Crippen molar-refractivity contribution in [3.05, 3.63) is 0 Å². The fraction of sp³-hybridized carbons (Fsp3) is 0.955. The summed E-state index contributed by atoms with van der Waals surface area (Å²) in [6.45, 7) is 7.60. The molecule has 0 heterocycles. The van der Waals surface area contributed by atoms with Gasteiger partial charge in [-0.3, -0.25) is 4.79 Å². The van der Waals surface area contributed by atoms with E-state index in [0.29, 0.717) is 27.9 Å². The zero-order valence-electron chi connectivity index (χ0n) is 15.8. The molecule has 0 aromatic rings. The number of halogens is 1. The second kappa shape index (κ2) is 6.10. The van der Waals surface area contributed by atoms with Crippen molar-refractivity contribution in [1.82, 2.24) is 0 Å². The number of carbonyl (C=O) groups is 1. The molecule has 0 aliphatic heterocycles. The minimum Gasteiger partial charge on any atom is -0.298 e. The van der Waals surface area contributed by atoms with Gasteiger partial charge in [0.25, 0.3) is 0 Å². The first kappa shape index (κ1) is 17.6. The molecule has 2 heteroatoms. The summed E-state index contributed by atoms with van der Waals surface area (Å²) in [7, 11) is 0. The number of carbonyl (C=O) groups excluding carboxylic acids is 1. The van der Waals surface area contributed by atoms with E-state index in [1.165, 1.54) is 51.4 Å². The van der Waals surface area contributed by atoms with Gasteiger partial charge in [0.1, 0.15) is 5.78 Å². The van der Waals surface area contributed by atoms with Gasteiger partial charge in [0.05, 0.1) is 5.33 Å². The fourth-order valence-corrected chi connectivity index (χ4v) is 8.49. The predicted molar refractivity (Wildman–Crippen MR) is 103 cm³/mol. The Bertz CT molecular complexity index is 516. The zero-order valence-corrected chi connectivity index (χ0v) is 17.4. The van der Waals surface area contributed by atoms with E-state index in [1.54, 1.807) is 0 Å². The summed E-state index contributed by atoms with van der Waals surface area (Å²) < 4.78 is 0. The maximum Gasteiger partial charge on any atom is 0.147 e. The standard InChI is InChI=1S/C22H35BrO/c1-14-8-10-21(2)15(12-14)4-5-16-17-6-7-19(20(24)13-23)22(17,3)11-9-18(16)21/h14-19H,4-13H2,1-3H3/t14-,15?,16?,17-,18-,19+,21-,22-/m0/s1. The number of hydrogen-bond acceptors (Lipinski definition) is 1. The highest BCUT2D eigenvalue weighted by molar-refractivity contribution is 9.09. The third kappa shape index (κ3) is 2.41. The monoisotopic (exact) mass is 394 g/mol. The van der Waals surface area contributed by atoms with Gasteiger partial charge in [-0.15, -0.1) is 0 Å². The van der Waals surface area contributed by atoms with Gasteiger partial charge in [0.2, 0.25) is 0 Å². The third-order valence-corrected chi connectivity index (χ3v) is 10.0. The Hall–Kier alpha value is 0.150. The van der Waals surface area contributed by atoms with Crippen molar-refractivity contribution in [2.24, 2.45) is 46.3 Å². The molecule has 0 aromatic heterocycles. The third-order valence-electron chi connectivity index (χ3n) is 9.45. The summed E-state index contributed by atoms with van der Waals surface area (Å²) in [5.74, 6) is 5.41. The highest BCUT2D eigenvalue weighted by atomic mass is 79.9. The van der Waals surface area contributed by atoms with E-state index in [2.05, 4.69) is 36.7 Å². The highest BCUT2D eigenvalue weighted by Gasteiger charge is 2.60. The highest BCUT2D eigenvalue weighted by Crippen LogP contribution is 2.67. The minimum atomic E-state index is 0.303. The van der Waals surface area contributed by atoms with Crippen LogP contribution in [0.25, 0.3) is 0 Å². The summed E-state index contributed by atoms with van der Waals surface area (Å²) in [5.41, 5.74) is 0.908. The molecule has 4 fully saturated rings. The van der Waals surface area contributed by atoms with Crippen LogP contribution in [0.5, 0.6) is 0 Å². The van der Waals surface area contributed by atoms with Crippen molar-refractivity contribution >= 4 is 21.7 Å². The normalized spacial score (nSPS) is 53.8. The molecule has 4 saturated carbocycles. The number of fused-ring (bicyclic) bond motifs is 5. The lowest BCUT2D eigenvalue weighted by Gasteiger charge is -2.61. The summed E-state index contributed by atoms with van der Waals surface area (Å²) >= 11 is 3.44. The smallest absolute Gasteiger partial charge is 0.147 e. The average molecular weight is 395 g/mol. The molecular weight excluding hydrogens is 360 g/mol. The van der Waals surface area contributed by atoms with Crippen molar-refractivity contribution in [2.45, 2.75) is 78.6 Å². The molecule has 2 unspecified atom stereocenters. The van der Waals surface area contributed by atoms with E-state index in [9.17, 15) is 4.79 Å². The van der Waals surface area contributed by atoms with Crippen LogP contribution in [0, 0.1) is 46.3 Å². The van der Waals surface area contributed by atoms with Crippen LogP contribution in [0.4, 0.5) is 0 Å². The first-order chi connectivity index (χ1) is 11.4. The van der Waals surface area contributed by atoms with Gasteiger partial charge in [0, 0.05) is 5.92 Å². The van der Waals surface area contributed by atoms with E-state index in [0.717, 1.165) is 36.0 Å². The van der Waals surface area contributed by atoms with E-state index >= 15 is 0 Å². The Kier molecular flexibility index (Phi) is 4.46. The molecule has 8 atom stereocenters. The Morgan fingerprint density at radius 3 is 2.42 bits per heavy atom. The van der Waals surface area contributed by atoms with Gasteiger partial charge >= 0.3 is 0 Å². The maximum atomic E-state index is 12.5. The Labute approximate surface area is 156 Å². The van der Waals surface area contributed by atoms with Crippen molar-refractivity contribution in [3.63, 3.8) is 0 Å². The largest absolute Gasteiger partial charge is 0.298 e. The van der Waals surface area contributed by atoms with Crippen LogP contribution >= 0.6 is 15.9 Å². The molecular formula is C22H35BrO. The molecule has 1 nitrogen and oxygen atoms in total. The number of Topliss-reactive ketones (excluding diaryl/α,β-unsaturated/α-hetero) is 1. The van der Waals surface area contributed by atoms with Crippen molar-refractivity contribution < 1.29 is 4.79 Å². The van der Waals surface area contributed by atoms with Gasteiger partial charge in [-0.2, -0.15) is 0 Å².